The molecule has 4 aromatic rings. The van der Waals surface area contributed by atoms with Gasteiger partial charge in [-0.05, 0) is 35.7 Å². The van der Waals surface area contributed by atoms with Gasteiger partial charge in [0.2, 0.25) is 0 Å². The standard InChI is InChI=1S/C29H25N3O3/c1-31(2)20-12-9-13-21(18-20)32-28(33)26(23-15-6-7-17-25(23)35-3)27(29(32)34)30-24-16-8-11-19-10-4-5-14-22(19)24/h4-18,30H,1-3H3. The van der Waals surface area contributed by atoms with Gasteiger partial charge in [-0.1, -0.05) is 60.7 Å². The number of amides is 2. The fourth-order valence-corrected chi connectivity index (χ4v) is 4.36. The minimum absolute atomic E-state index is 0.214. The van der Waals surface area contributed by atoms with E-state index in [0.29, 0.717) is 17.0 Å². The topological polar surface area (TPSA) is 61.9 Å². The van der Waals surface area contributed by atoms with Gasteiger partial charge >= 0.3 is 0 Å². The Bertz CT molecular complexity index is 1480. The van der Waals surface area contributed by atoms with Crippen LogP contribution in [0.25, 0.3) is 16.3 Å². The second-order valence-corrected chi connectivity index (χ2v) is 8.46. The van der Waals surface area contributed by atoms with E-state index in [4.69, 9.17) is 4.74 Å². The fourth-order valence-electron chi connectivity index (χ4n) is 4.36. The highest BCUT2D eigenvalue weighted by atomic mass is 16.5. The minimum Gasteiger partial charge on any atom is -0.496 e. The van der Waals surface area contributed by atoms with Crippen molar-refractivity contribution in [1.29, 1.82) is 0 Å². The Hall–Kier alpha value is -4.58. The van der Waals surface area contributed by atoms with Crippen molar-refractivity contribution in [2.45, 2.75) is 0 Å². The van der Waals surface area contributed by atoms with Crippen LogP contribution < -0.4 is 19.9 Å². The number of nitrogens with one attached hydrogen (secondary N) is 1. The summed E-state index contributed by atoms with van der Waals surface area (Å²) >= 11 is 0. The van der Waals surface area contributed by atoms with Crippen molar-refractivity contribution in [2.75, 3.05) is 36.3 Å². The number of imide groups is 1. The van der Waals surface area contributed by atoms with Crippen molar-refractivity contribution >= 4 is 45.2 Å². The zero-order valence-electron chi connectivity index (χ0n) is 19.8. The Morgan fingerprint density at radius 3 is 2.31 bits per heavy atom. The van der Waals surface area contributed by atoms with Crippen LogP contribution in [0.3, 0.4) is 0 Å². The lowest BCUT2D eigenvalue weighted by atomic mass is 10.0. The van der Waals surface area contributed by atoms with Crippen molar-refractivity contribution in [3.8, 4) is 5.75 Å². The maximum atomic E-state index is 13.9. The molecule has 174 valence electrons. The van der Waals surface area contributed by atoms with Crippen LogP contribution in [-0.2, 0) is 9.59 Å². The first-order valence-corrected chi connectivity index (χ1v) is 11.3. The molecule has 2 amide bonds. The summed E-state index contributed by atoms with van der Waals surface area (Å²) in [5, 5.41) is 5.29. The van der Waals surface area contributed by atoms with Crippen LogP contribution in [0.5, 0.6) is 5.75 Å². The molecule has 1 N–H and O–H groups in total. The maximum Gasteiger partial charge on any atom is 0.282 e. The smallest absolute Gasteiger partial charge is 0.282 e. The molecule has 0 saturated heterocycles. The third kappa shape index (κ3) is 3.89. The Morgan fingerprint density at radius 1 is 0.800 bits per heavy atom. The highest BCUT2D eigenvalue weighted by Crippen LogP contribution is 2.38. The molecule has 1 heterocycles. The number of anilines is 3. The number of carbonyl (C=O) groups excluding carboxylic acids is 2. The van der Waals surface area contributed by atoms with Gasteiger partial charge in [-0.25, -0.2) is 4.90 Å². The normalized spacial score (nSPS) is 13.5. The van der Waals surface area contributed by atoms with E-state index in [2.05, 4.69) is 5.32 Å². The Labute approximate surface area is 204 Å². The molecule has 0 unspecified atom stereocenters. The number of rotatable bonds is 6. The molecule has 0 atom stereocenters. The number of hydrogen-bond donors (Lipinski definition) is 1. The molecule has 1 aliphatic rings. The monoisotopic (exact) mass is 463 g/mol. The third-order valence-electron chi connectivity index (χ3n) is 6.11. The Kier molecular flexibility index (Phi) is 5.71. The first kappa shape index (κ1) is 22.2. The maximum absolute atomic E-state index is 13.9. The first-order valence-electron chi connectivity index (χ1n) is 11.3. The van der Waals surface area contributed by atoms with E-state index in [1.54, 1.807) is 25.3 Å². The molecule has 0 spiro atoms. The van der Waals surface area contributed by atoms with Gasteiger partial charge in [0.05, 0.1) is 18.4 Å². The average Bonchev–Trinajstić information content (AvgIpc) is 3.13. The zero-order chi connectivity index (χ0) is 24.5. The van der Waals surface area contributed by atoms with E-state index in [-0.39, 0.29) is 11.3 Å². The number of hydrogen-bond acceptors (Lipinski definition) is 5. The Balaban J connectivity index is 1.68. The highest BCUT2D eigenvalue weighted by molar-refractivity contribution is 6.46. The molecule has 0 fully saturated rings. The molecule has 6 nitrogen and oxygen atoms in total. The minimum atomic E-state index is -0.417. The summed E-state index contributed by atoms with van der Waals surface area (Å²) in [5.41, 5.74) is 3.19. The summed E-state index contributed by atoms with van der Waals surface area (Å²) in [6, 6.07) is 28.4. The summed E-state index contributed by atoms with van der Waals surface area (Å²) in [6.45, 7) is 0. The van der Waals surface area contributed by atoms with E-state index < -0.39 is 11.8 Å². The van der Waals surface area contributed by atoms with E-state index in [9.17, 15) is 9.59 Å². The Morgan fingerprint density at radius 2 is 1.51 bits per heavy atom. The number of carbonyl (C=O) groups is 2. The van der Waals surface area contributed by atoms with Crippen LogP contribution in [0.1, 0.15) is 5.56 Å². The molecule has 6 heteroatoms. The number of benzene rings is 4. The number of methoxy groups -OCH3 is 1. The van der Waals surface area contributed by atoms with Gasteiger partial charge in [-0.3, -0.25) is 9.59 Å². The van der Waals surface area contributed by atoms with E-state index >= 15 is 0 Å². The lowest BCUT2D eigenvalue weighted by Crippen LogP contribution is -2.32. The van der Waals surface area contributed by atoms with Crippen LogP contribution in [0, 0.1) is 0 Å². The van der Waals surface area contributed by atoms with E-state index in [1.165, 1.54) is 4.90 Å². The van der Waals surface area contributed by atoms with Crippen LogP contribution >= 0.6 is 0 Å². The van der Waals surface area contributed by atoms with Crippen LogP contribution in [0.2, 0.25) is 0 Å². The van der Waals surface area contributed by atoms with E-state index in [1.807, 2.05) is 91.8 Å². The average molecular weight is 464 g/mol. The summed E-state index contributed by atoms with van der Waals surface area (Å²) in [7, 11) is 5.38. The molecule has 35 heavy (non-hydrogen) atoms. The molecule has 0 aromatic heterocycles. The van der Waals surface area contributed by atoms with Crippen molar-refractivity contribution in [3.05, 3.63) is 102 Å². The van der Waals surface area contributed by atoms with Crippen molar-refractivity contribution in [3.63, 3.8) is 0 Å². The van der Waals surface area contributed by atoms with Gasteiger partial charge < -0.3 is 15.0 Å². The largest absolute Gasteiger partial charge is 0.496 e. The number of fused-ring (bicyclic) bond motifs is 1. The second-order valence-electron chi connectivity index (χ2n) is 8.46. The lowest BCUT2D eigenvalue weighted by Gasteiger charge is -2.19. The molecule has 0 saturated carbocycles. The van der Waals surface area contributed by atoms with Crippen LogP contribution in [0.4, 0.5) is 17.1 Å². The van der Waals surface area contributed by atoms with Crippen LogP contribution in [-0.4, -0.2) is 33.0 Å². The van der Waals surface area contributed by atoms with Crippen LogP contribution in [0.15, 0.2) is 96.7 Å². The van der Waals surface area contributed by atoms with Crippen molar-refractivity contribution < 1.29 is 14.3 Å². The molecule has 5 rings (SSSR count). The summed E-state index contributed by atoms with van der Waals surface area (Å²) in [4.78, 5) is 30.9. The fraction of sp³-hybridized carbons (Fsp3) is 0.103. The number of para-hydroxylation sites is 1. The van der Waals surface area contributed by atoms with Gasteiger partial charge in [0.1, 0.15) is 11.4 Å². The third-order valence-corrected chi connectivity index (χ3v) is 6.11. The molecule has 0 aliphatic carbocycles. The van der Waals surface area contributed by atoms with Gasteiger partial charge in [0.15, 0.2) is 0 Å². The quantitative estimate of drug-likeness (QED) is 0.393. The summed E-state index contributed by atoms with van der Waals surface area (Å²) in [6.07, 6.45) is 0. The van der Waals surface area contributed by atoms with Gasteiger partial charge in [-0.15, -0.1) is 0 Å². The molecule has 0 radical (unpaired) electrons. The van der Waals surface area contributed by atoms with Gasteiger partial charge in [0.25, 0.3) is 11.8 Å². The van der Waals surface area contributed by atoms with Crippen molar-refractivity contribution in [2.24, 2.45) is 0 Å². The molecule has 1 aliphatic heterocycles. The first-order chi connectivity index (χ1) is 17.0. The number of nitrogens with zero attached hydrogens (tertiary/aromatic N) is 2. The lowest BCUT2D eigenvalue weighted by molar-refractivity contribution is -0.120. The predicted octanol–water partition coefficient (Wildman–Crippen LogP) is 5.31. The molecule has 0 bridgehead atoms. The highest BCUT2D eigenvalue weighted by Gasteiger charge is 2.41. The predicted molar refractivity (Wildman–Crippen MR) is 141 cm³/mol. The summed E-state index contributed by atoms with van der Waals surface area (Å²) in [5.74, 6) is -0.303. The molecule has 4 aromatic carbocycles. The SMILES string of the molecule is COc1ccccc1C1=C(Nc2cccc3ccccc23)C(=O)N(c2cccc(N(C)C)c2)C1=O. The van der Waals surface area contributed by atoms with Crippen molar-refractivity contribution in [1.82, 2.24) is 0 Å². The number of ether oxygens (including phenoxy) is 1. The van der Waals surface area contributed by atoms with Gasteiger partial charge in [-0.2, -0.15) is 0 Å². The summed E-state index contributed by atoms with van der Waals surface area (Å²) < 4.78 is 5.55. The molecular weight excluding hydrogens is 438 g/mol. The second kappa shape index (κ2) is 8.99. The zero-order valence-corrected chi connectivity index (χ0v) is 19.8. The van der Waals surface area contributed by atoms with Gasteiger partial charge in [0, 0.05) is 36.4 Å². The van der Waals surface area contributed by atoms with E-state index in [0.717, 1.165) is 22.1 Å². The molecular formula is C29H25N3O3.